The molecule has 3 aromatic carbocycles. The average Bonchev–Trinajstić information content (AvgIpc) is 2.72. The van der Waals surface area contributed by atoms with Gasteiger partial charge in [-0.3, -0.25) is 0 Å². The van der Waals surface area contributed by atoms with Gasteiger partial charge in [0.2, 0.25) is 0 Å². The van der Waals surface area contributed by atoms with Crippen molar-refractivity contribution in [2.24, 2.45) is 0 Å². The number of carbonyl (C=O) groups excluding carboxylic acids is 1. The molecule has 0 heterocycles. The Hall–Kier alpha value is -3.14. The van der Waals surface area contributed by atoms with Gasteiger partial charge in [-0.1, -0.05) is 77.9 Å². The van der Waals surface area contributed by atoms with E-state index in [9.17, 15) is 9.18 Å². The molecule has 0 spiro atoms. The first-order chi connectivity index (χ1) is 14.9. The van der Waals surface area contributed by atoms with Crippen molar-refractivity contribution >= 4 is 5.97 Å². The second-order valence-corrected chi connectivity index (χ2v) is 9.97. The van der Waals surface area contributed by atoms with Crippen molar-refractivity contribution in [3.8, 4) is 22.6 Å². The van der Waals surface area contributed by atoms with Gasteiger partial charge in [0.05, 0.1) is 12.7 Å². The molecule has 32 heavy (non-hydrogen) atoms. The molecule has 0 aliphatic carbocycles. The first-order valence-electron chi connectivity index (χ1n) is 10.7. The fourth-order valence-corrected chi connectivity index (χ4v) is 3.68. The highest BCUT2D eigenvalue weighted by molar-refractivity contribution is 5.99. The van der Waals surface area contributed by atoms with Crippen molar-refractivity contribution in [3.05, 3.63) is 83.2 Å². The van der Waals surface area contributed by atoms with Gasteiger partial charge in [-0.2, -0.15) is 0 Å². The van der Waals surface area contributed by atoms with Crippen LogP contribution in [0, 0.1) is 5.82 Å². The fourth-order valence-electron chi connectivity index (χ4n) is 3.68. The molecule has 0 aliphatic rings. The summed E-state index contributed by atoms with van der Waals surface area (Å²) in [7, 11) is 1.62. The summed E-state index contributed by atoms with van der Waals surface area (Å²) in [6, 6.07) is 17.3. The first kappa shape index (κ1) is 23.5. The molecule has 168 valence electrons. The summed E-state index contributed by atoms with van der Waals surface area (Å²) in [5.74, 6) is 0.145. The van der Waals surface area contributed by atoms with Crippen molar-refractivity contribution in [3.63, 3.8) is 0 Å². The third-order valence-corrected chi connectivity index (χ3v) is 5.40. The van der Waals surface area contributed by atoms with Gasteiger partial charge in [-0.05, 0) is 40.7 Å². The predicted octanol–water partition coefficient (Wildman–Crippen LogP) is 7.32. The van der Waals surface area contributed by atoms with Gasteiger partial charge in [-0.15, -0.1) is 0 Å². The van der Waals surface area contributed by atoms with Crippen molar-refractivity contribution in [1.82, 2.24) is 0 Å². The maximum Gasteiger partial charge on any atom is 0.344 e. The lowest BCUT2D eigenvalue weighted by atomic mass is 9.79. The lowest BCUT2D eigenvalue weighted by Gasteiger charge is -2.30. The van der Waals surface area contributed by atoms with Gasteiger partial charge in [0, 0.05) is 16.7 Å². The smallest absolute Gasteiger partial charge is 0.344 e. The molecule has 0 bridgehead atoms. The van der Waals surface area contributed by atoms with Crippen LogP contribution in [0.4, 0.5) is 4.39 Å². The van der Waals surface area contributed by atoms with Crippen LogP contribution in [-0.4, -0.2) is 13.1 Å². The number of benzene rings is 3. The number of esters is 1. The highest BCUT2D eigenvalue weighted by Crippen LogP contribution is 2.43. The number of halogens is 1. The van der Waals surface area contributed by atoms with Crippen LogP contribution in [0.15, 0.2) is 60.7 Å². The minimum absolute atomic E-state index is 0.187. The number of hydrogen-bond donors (Lipinski definition) is 0. The van der Waals surface area contributed by atoms with E-state index in [-0.39, 0.29) is 22.0 Å². The molecule has 0 saturated carbocycles. The molecular formula is C28H31FO3. The van der Waals surface area contributed by atoms with Crippen LogP contribution >= 0.6 is 0 Å². The van der Waals surface area contributed by atoms with E-state index >= 15 is 0 Å². The molecule has 3 rings (SSSR count). The summed E-state index contributed by atoms with van der Waals surface area (Å²) < 4.78 is 26.5. The normalized spacial score (nSPS) is 11.9. The van der Waals surface area contributed by atoms with E-state index in [4.69, 9.17) is 9.47 Å². The van der Waals surface area contributed by atoms with Crippen LogP contribution < -0.4 is 9.47 Å². The predicted molar refractivity (Wildman–Crippen MR) is 127 cm³/mol. The molecule has 0 saturated heterocycles. The second kappa shape index (κ2) is 8.78. The molecule has 0 atom stereocenters. The van der Waals surface area contributed by atoms with Crippen LogP contribution in [-0.2, 0) is 10.8 Å². The molecule has 0 unspecified atom stereocenters. The lowest BCUT2D eigenvalue weighted by Crippen LogP contribution is -2.22. The van der Waals surface area contributed by atoms with Crippen molar-refractivity contribution < 1.29 is 18.7 Å². The van der Waals surface area contributed by atoms with Gasteiger partial charge < -0.3 is 9.47 Å². The maximum absolute atomic E-state index is 14.8. The van der Waals surface area contributed by atoms with Crippen LogP contribution in [0.25, 0.3) is 11.1 Å². The molecule has 0 aromatic heterocycles. The Morgan fingerprint density at radius 3 is 1.88 bits per heavy atom. The number of ether oxygens (including phenoxy) is 2. The third kappa shape index (κ3) is 4.85. The monoisotopic (exact) mass is 434 g/mol. The van der Waals surface area contributed by atoms with Crippen LogP contribution in [0.1, 0.15) is 63.0 Å². The SMILES string of the molecule is COc1cc(C(C)(C)C)c(OC(=O)c2cccc(F)c2-c2ccccc2)c(C(C)(C)C)c1. The van der Waals surface area contributed by atoms with E-state index in [1.54, 1.807) is 25.3 Å². The van der Waals surface area contributed by atoms with E-state index < -0.39 is 11.8 Å². The van der Waals surface area contributed by atoms with Gasteiger partial charge in [0.15, 0.2) is 0 Å². The Balaban J connectivity index is 2.19. The van der Waals surface area contributed by atoms with Crippen LogP contribution in [0.2, 0.25) is 0 Å². The zero-order valence-electron chi connectivity index (χ0n) is 19.9. The van der Waals surface area contributed by atoms with Gasteiger partial charge in [-0.25, -0.2) is 9.18 Å². The van der Waals surface area contributed by atoms with Crippen molar-refractivity contribution in [2.75, 3.05) is 7.11 Å². The summed E-state index contributed by atoms with van der Waals surface area (Å²) >= 11 is 0. The largest absolute Gasteiger partial charge is 0.497 e. The van der Waals surface area contributed by atoms with Crippen molar-refractivity contribution in [1.29, 1.82) is 0 Å². The maximum atomic E-state index is 14.8. The molecule has 0 amide bonds. The van der Waals surface area contributed by atoms with E-state index in [0.717, 1.165) is 11.1 Å². The van der Waals surface area contributed by atoms with Gasteiger partial charge >= 0.3 is 5.97 Å². The second-order valence-electron chi connectivity index (χ2n) is 9.97. The average molecular weight is 435 g/mol. The fraction of sp³-hybridized carbons (Fsp3) is 0.321. The summed E-state index contributed by atoms with van der Waals surface area (Å²) in [5, 5.41) is 0. The molecule has 0 radical (unpaired) electrons. The van der Waals surface area contributed by atoms with E-state index in [0.29, 0.717) is 17.1 Å². The summed E-state index contributed by atoms with van der Waals surface area (Å²) in [6.45, 7) is 12.4. The van der Waals surface area contributed by atoms with E-state index in [1.807, 2.05) is 30.3 Å². The number of methoxy groups -OCH3 is 1. The number of carbonyl (C=O) groups is 1. The Labute approximate surface area is 190 Å². The van der Waals surface area contributed by atoms with Crippen LogP contribution in [0.5, 0.6) is 11.5 Å². The Morgan fingerprint density at radius 1 is 0.812 bits per heavy atom. The summed E-state index contributed by atoms with van der Waals surface area (Å²) in [5.41, 5.74) is 2.14. The standard InChI is InChI=1S/C28H31FO3/c1-27(2,3)21-16-19(31-7)17-22(28(4,5)6)25(21)32-26(30)20-14-11-15-23(29)24(20)18-12-9-8-10-13-18/h8-17H,1-7H3. The van der Waals surface area contributed by atoms with Crippen LogP contribution in [0.3, 0.4) is 0 Å². The summed E-state index contributed by atoms with van der Waals surface area (Å²) in [6.07, 6.45) is 0. The molecule has 0 N–H and O–H groups in total. The molecule has 3 aromatic rings. The molecule has 0 fully saturated rings. The molecule has 0 aliphatic heterocycles. The number of rotatable bonds is 4. The summed E-state index contributed by atoms with van der Waals surface area (Å²) in [4.78, 5) is 13.5. The topological polar surface area (TPSA) is 35.5 Å². The molecular weight excluding hydrogens is 403 g/mol. The lowest BCUT2D eigenvalue weighted by molar-refractivity contribution is 0.0729. The van der Waals surface area contributed by atoms with E-state index in [1.165, 1.54) is 12.1 Å². The zero-order valence-corrected chi connectivity index (χ0v) is 19.9. The highest BCUT2D eigenvalue weighted by Gasteiger charge is 2.30. The minimum Gasteiger partial charge on any atom is -0.497 e. The highest BCUT2D eigenvalue weighted by atomic mass is 19.1. The van der Waals surface area contributed by atoms with Gasteiger partial charge in [0.25, 0.3) is 0 Å². The Bertz CT molecular complexity index is 1080. The molecule has 4 heteroatoms. The zero-order chi connectivity index (χ0) is 23.7. The third-order valence-electron chi connectivity index (χ3n) is 5.40. The van der Waals surface area contributed by atoms with Crippen molar-refractivity contribution in [2.45, 2.75) is 52.4 Å². The minimum atomic E-state index is -0.593. The van der Waals surface area contributed by atoms with Gasteiger partial charge in [0.1, 0.15) is 17.3 Å². The first-order valence-corrected chi connectivity index (χ1v) is 10.7. The van der Waals surface area contributed by atoms with E-state index in [2.05, 4.69) is 41.5 Å². The Morgan fingerprint density at radius 2 is 1.38 bits per heavy atom. The quantitative estimate of drug-likeness (QED) is 0.319. The Kier molecular flexibility index (Phi) is 6.45. The number of hydrogen-bond acceptors (Lipinski definition) is 3. The molecule has 3 nitrogen and oxygen atoms in total.